The fraction of sp³-hybridized carbons (Fsp3) is 0.0476. The van der Waals surface area contributed by atoms with Crippen molar-refractivity contribution in [1.82, 2.24) is 15.3 Å². The molecule has 0 aromatic carbocycles. The molecule has 0 unspecified atom stereocenters. The fourth-order valence-corrected chi connectivity index (χ4v) is 3.44. The van der Waals surface area contributed by atoms with Crippen LogP contribution in [0.4, 0.5) is 0 Å². The first-order valence-corrected chi connectivity index (χ1v) is 8.27. The third-order valence-corrected chi connectivity index (χ3v) is 4.62. The Bertz CT molecular complexity index is 1060. The summed E-state index contributed by atoms with van der Waals surface area (Å²) in [7, 11) is 0. The van der Waals surface area contributed by atoms with Crippen molar-refractivity contribution in [2.24, 2.45) is 0 Å². The molecule has 2 amide bonds. The molecule has 3 N–H and O–H groups in total. The molecule has 0 atom stereocenters. The Morgan fingerprint density at radius 1 is 0.885 bits per heavy atom. The molecule has 0 spiro atoms. The van der Waals surface area contributed by atoms with Gasteiger partial charge < -0.3 is 9.97 Å². The average Bonchev–Trinajstić information content (AvgIpc) is 3.24. The summed E-state index contributed by atoms with van der Waals surface area (Å²) in [5.41, 5.74) is 5.36. The molecule has 0 bridgehead atoms. The Balaban J connectivity index is 2.00. The molecule has 2 aliphatic rings. The van der Waals surface area contributed by atoms with Crippen molar-refractivity contribution in [3.63, 3.8) is 0 Å². The van der Waals surface area contributed by atoms with Gasteiger partial charge in [-0.1, -0.05) is 37.5 Å². The molecule has 5 nitrogen and oxygen atoms in total. The monoisotopic (exact) mass is 343 g/mol. The number of carbonyl (C=O) groups is 2. The number of nitrogens with one attached hydrogen (secondary N) is 3. The van der Waals surface area contributed by atoms with Crippen molar-refractivity contribution < 1.29 is 9.59 Å². The van der Waals surface area contributed by atoms with E-state index >= 15 is 0 Å². The molecule has 5 heteroatoms. The number of rotatable bonds is 4. The average molecular weight is 343 g/mol. The largest absolute Gasteiger partial charge is 0.361 e. The first-order chi connectivity index (χ1) is 12.7. The molecule has 0 saturated heterocycles. The zero-order valence-electron chi connectivity index (χ0n) is 14.1. The number of aromatic nitrogens is 2. The van der Waals surface area contributed by atoms with E-state index in [1.807, 2.05) is 24.3 Å². The predicted octanol–water partition coefficient (Wildman–Crippen LogP) is 3.63. The Morgan fingerprint density at radius 2 is 1.58 bits per heavy atom. The van der Waals surface area contributed by atoms with Crippen LogP contribution in [0.2, 0.25) is 0 Å². The van der Waals surface area contributed by atoms with Gasteiger partial charge in [0, 0.05) is 46.0 Å². The SMILES string of the molecule is C=Cc1[nH]cc(C2=C(c3c[nH]c4c3C=CCC=C4)C(=O)NC2=O)c1C=C. The van der Waals surface area contributed by atoms with Gasteiger partial charge in [-0.3, -0.25) is 14.9 Å². The number of hydrogen-bond acceptors (Lipinski definition) is 2. The lowest BCUT2D eigenvalue weighted by molar-refractivity contribution is -0.122. The van der Waals surface area contributed by atoms with E-state index in [4.69, 9.17) is 0 Å². The smallest absolute Gasteiger partial charge is 0.259 e. The summed E-state index contributed by atoms with van der Waals surface area (Å²) in [5, 5.41) is 2.42. The molecule has 4 rings (SSSR count). The van der Waals surface area contributed by atoms with Crippen LogP contribution in [-0.2, 0) is 9.59 Å². The van der Waals surface area contributed by atoms with Crippen LogP contribution in [-0.4, -0.2) is 21.8 Å². The van der Waals surface area contributed by atoms with E-state index in [0.717, 1.165) is 28.9 Å². The van der Waals surface area contributed by atoms with Crippen LogP contribution < -0.4 is 5.32 Å². The zero-order chi connectivity index (χ0) is 18.3. The van der Waals surface area contributed by atoms with Crippen LogP contribution in [0.3, 0.4) is 0 Å². The van der Waals surface area contributed by atoms with Crippen molar-refractivity contribution in [3.8, 4) is 0 Å². The minimum Gasteiger partial charge on any atom is -0.361 e. The molecule has 0 fully saturated rings. The molecule has 1 aliphatic heterocycles. The number of allylic oxidation sites excluding steroid dienone is 2. The van der Waals surface area contributed by atoms with Crippen molar-refractivity contribution in [1.29, 1.82) is 0 Å². The van der Waals surface area contributed by atoms with E-state index in [9.17, 15) is 9.59 Å². The van der Waals surface area contributed by atoms with Gasteiger partial charge in [0.05, 0.1) is 11.1 Å². The number of aromatic amines is 2. The van der Waals surface area contributed by atoms with Crippen molar-refractivity contribution >= 4 is 47.3 Å². The van der Waals surface area contributed by atoms with Crippen LogP contribution in [0, 0.1) is 0 Å². The number of H-pyrrole nitrogens is 2. The van der Waals surface area contributed by atoms with Crippen LogP contribution in [0.25, 0.3) is 35.5 Å². The Kier molecular flexibility index (Phi) is 3.69. The van der Waals surface area contributed by atoms with E-state index < -0.39 is 11.8 Å². The number of fused-ring (bicyclic) bond motifs is 1. The summed E-state index contributed by atoms with van der Waals surface area (Å²) in [6.45, 7) is 7.59. The molecule has 2 aromatic heterocycles. The summed E-state index contributed by atoms with van der Waals surface area (Å²) < 4.78 is 0. The zero-order valence-corrected chi connectivity index (χ0v) is 14.1. The highest BCUT2D eigenvalue weighted by molar-refractivity contribution is 6.49. The standard InChI is InChI=1S/C21H17N3O2/c1-3-12-14(10-22-16(12)4-2)18-19(21(26)24-20(18)25)15-11-23-17-9-7-5-6-8-13(15)17/h3-4,6-11,22-23H,1-2,5H2,(H,24,25,26). The number of hydrogen-bond donors (Lipinski definition) is 3. The molecule has 0 radical (unpaired) electrons. The van der Waals surface area contributed by atoms with Gasteiger partial charge in [-0.15, -0.1) is 0 Å². The van der Waals surface area contributed by atoms with Crippen molar-refractivity contribution in [3.05, 3.63) is 71.3 Å². The summed E-state index contributed by atoms with van der Waals surface area (Å²) in [5.74, 6) is -0.810. The van der Waals surface area contributed by atoms with Gasteiger partial charge in [-0.05, 0) is 18.6 Å². The fourth-order valence-electron chi connectivity index (χ4n) is 3.44. The highest BCUT2D eigenvalue weighted by Gasteiger charge is 2.35. The van der Waals surface area contributed by atoms with Gasteiger partial charge in [0.25, 0.3) is 11.8 Å². The van der Waals surface area contributed by atoms with Crippen LogP contribution in [0.5, 0.6) is 0 Å². The lowest BCUT2D eigenvalue weighted by Gasteiger charge is -2.05. The predicted molar refractivity (Wildman–Crippen MR) is 104 cm³/mol. The van der Waals surface area contributed by atoms with E-state index in [1.165, 1.54) is 0 Å². The molecule has 2 aromatic rings. The summed E-state index contributed by atoms with van der Waals surface area (Å²) in [6.07, 6.45) is 15.6. The second-order valence-electron chi connectivity index (χ2n) is 6.04. The highest BCUT2D eigenvalue weighted by atomic mass is 16.2. The van der Waals surface area contributed by atoms with E-state index in [1.54, 1.807) is 24.5 Å². The molecule has 128 valence electrons. The molecule has 3 heterocycles. The van der Waals surface area contributed by atoms with E-state index in [2.05, 4.69) is 28.4 Å². The van der Waals surface area contributed by atoms with Gasteiger partial charge >= 0.3 is 0 Å². The lowest BCUT2D eigenvalue weighted by atomic mass is 9.93. The maximum Gasteiger partial charge on any atom is 0.259 e. The Morgan fingerprint density at radius 3 is 2.31 bits per heavy atom. The quantitative estimate of drug-likeness (QED) is 0.741. The first kappa shape index (κ1) is 15.9. The maximum absolute atomic E-state index is 12.6. The van der Waals surface area contributed by atoms with Crippen molar-refractivity contribution in [2.45, 2.75) is 6.42 Å². The highest BCUT2D eigenvalue weighted by Crippen LogP contribution is 2.37. The molecular formula is C21H17N3O2. The van der Waals surface area contributed by atoms with E-state index in [-0.39, 0.29) is 0 Å². The second kappa shape index (κ2) is 6.04. The molecular weight excluding hydrogens is 326 g/mol. The van der Waals surface area contributed by atoms with Crippen LogP contribution in [0.15, 0.2) is 37.7 Å². The van der Waals surface area contributed by atoms with E-state index in [0.29, 0.717) is 22.3 Å². The minimum absolute atomic E-state index is 0.345. The summed E-state index contributed by atoms with van der Waals surface area (Å²) in [6, 6.07) is 0. The third-order valence-electron chi connectivity index (χ3n) is 4.62. The minimum atomic E-state index is -0.411. The topological polar surface area (TPSA) is 77.8 Å². The van der Waals surface area contributed by atoms with Gasteiger partial charge in [0.2, 0.25) is 0 Å². The van der Waals surface area contributed by atoms with Gasteiger partial charge in [0.15, 0.2) is 0 Å². The van der Waals surface area contributed by atoms with Crippen LogP contribution in [0.1, 0.15) is 40.1 Å². The number of carbonyl (C=O) groups excluding carboxylic acids is 2. The molecule has 1 aliphatic carbocycles. The third kappa shape index (κ3) is 2.25. The number of imide groups is 1. The lowest BCUT2D eigenvalue weighted by Crippen LogP contribution is -2.22. The Hall–Kier alpha value is -3.60. The number of amides is 2. The van der Waals surface area contributed by atoms with Crippen molar-refractivity contribution in [2.75, 3.05) is 0 Å². The normalized spacial score (nSPS) is 15.8. The van der Waals surface area contributed by atoms with Crippen LogP contribution >= 0.6 is 0 Å². The summed E-state index contributed by atoms with van der Waals surface area (Å²) in [4.78, 5) is 31.5. The molecule has 0 saturated carbocycles. The van der Waals surface area contributed by atoms with Gasteiger partial charge in [-0.25, -0.2) is 0 Å². The Labute approximate surface area is 150 Å². The first-order valence-electron chi connectivity index (χ1n) is 8.27. The van der Waals surface area contributed by atoms with Gasteiger partial charge in [-0.2, -0.15) is 0 Å². The maximum atomic E-state index is 12.6. The molecule has 26 heavy (non-hydrogen) atoms. The van der Waals surface area contributed by atoms with Gasteiger partial charge in [0.1, 0.15) is 0 Å². The summed E-state index contributed by atoms with van der Waals surface area (Å²) >= 11 is 0. The second-order valence-corrected chi connectivity index (χ2v) is 6.04.